The Morgan fingerprint density at radius 2 is 2.25 bits per heavy atom. The highest BCUT2D eigenvalue weighted by atomic mass is 19.3. The summed E-state index contributed by atoms with van der Waals surface area (Å²) in [6, 6.07) is -0.0798. The van der Waals surface area contributed by atoms with Crippen LogP contribution in [0.5, 0.6) is 6.01 Å². The number of hydrogen-bond donors (Lipinski definition) is 0. The molecule has 0 unspecified atom stereocenters. The summed E-state index contributed by atoms with van der Waals surface area (Å²) < 4.78 is 34.9. The Morgan fingerprint density at radius 3 is 2.81 bits per heavy atom. The zero-order valence-corrected chi connectivity index (χ0v) is 8.98. The van der Waals surface area contributed by atoms with Crippen LogP contribution in [0.3, 0.4) is 0 Å². The molecular formula is C10H12F2N2O2. The van der Waals surface area contributed by atoms with E-state index in [4.69, 9.17) is 4.74 Å². The van der Waals surface area contributed by atoms with Gasteiger partial charge in [-0.15, -0.1) is 0 Å². The van der Waals surface area contributed by atoms with Crippen LogP contribution in [0.4, 0.5) is 8.78 Å². The number of halogens is 2. The second-order valence-electron chi connectivity index (χ2n) is 2.76. The minimum Gasteiger partial charge on any atom is -0.501 e. The fourth-order valence-corrected chi connectivity index (χ4v) is 1.01. The summed E-state index contributed by atoms with van der Waals surface area (Å²) in [5, 5.41) is 0. The van der Waals surface area contributed by atoms with Crippen molar-refractivity contribution in [2.24, 2.45) is 0 Å². The topological polar surface area (TPSA) is 44.2 Å². The Labute approximate surface area is 91.9 Å². The molecule has 1 rings (SSSR count). The third-order valence-electron chi connectivity index (χ3n) is 1.73. The van der Waals surface area contributed by atoms with Gasteiger partial charge in [0.2, 0.25) is 0 Å². The Hall–Kier alpha value is -1.72. The predicted molar refractivity (Wildman–Crippen MR) is 54.2 cm³/mol. The van der Waals surface area contributed by atoms with Gasteiger partial charge in [-0.05, 0) is 13.0 Å². The van der Waals surface area contributed by atoms with Crippen molar-refractivity contribution in [3.05, 3.63) is 23.7 Å². The molecule has 0 bridgehead atoms. The van der Waals surface area contributed by atoms with Crippen molar-refractivity contribution >= 4 is 6.08 Å². The first-order valence-electron chi connectivity index (χ1n) is 4.66. The molecule has 0 spiro atoms. The quantitative estimate of drug-likeness (QED) is 0.729. The van der Waals surface area contributed by atoms with Crippen molar-refractivity contribution < 1.29 is 18.3 Å². The van der Waals surface area contributed by atoms with Gasteiger partial charge in [0.05, 0.1) is 20.0 Å². The lowest BCUT2D eigenvalue weighted by molar-refractivity contribution is 0.144. The van der Waals surface area contributed by atoms with E-state index in [-0.39, 0.29) is 17.3 Å². The van der Waals surface area contributed by atoms with Crippen LogP contribution in [0.1, 0.15) is 24.6 Å². The van der Waals surface area contributed by atoms with Gasteiger partial charge in [0, 0.05) is 11.8 Å². The lowest BCUT2D eigenvalue weighted by Gasteiger charge is -2.05. The normalized spacial score (nSPS) is 11.1. The molecule has 1 aromatic heterocycles. The molecule has 1 heterocycles. The molecule has 0 saturated heterocycles. The molecule has 0 radical (unpaired) electrons. The van der Waals surface area contributed by atoms with Crippen LogP contribution in [0.25, 0.3) is 6.08 Å². The lowest BCUT2D eigenvalue weighted by atomic mass is 10.2. The molecule has 4 nitrogen and oxygen atoms in total. The molecule has 0 aliphatic carbocycles. The maximum atomic E-state index is 12.6. The Balaban J connectivity index is 2.98. The zero-order chi connectivity index (χ0) is 12.0. The number of methoxy groups -OCH3 is 1. The molecule has 16 heavy (non-hydrogen) atoms. The van der Waals surface area contributed by atoms with E-state index >= 15 is 0 Å². The molecule has 0 amide bonds. The molecular weight excluding hydrogens is 218 g/mol. The van der Waals surface area contributed by atoms with Crippen molar-refractivity contribution in [3.63, 3.8) is 0 Å². The standard InChI is InChI=1S/C10H12F2N2O2/c1-3-16-5-4-7-6-13-10(15-2)14-8(7)9(11)12/h4-6,9H,3H2,1-2H3/b5-4+. The minimum atomic E-state index is -2.68. The molecule has 0 aliphatic rings. The van der Waals surface area contributed by atoms with E-state index in [0.29, 0.717) is 6.61 Å². The summed E-state index contributed by atoms with van der Waals surface area (Å²) in [7, 11) is 1.32. The molecule has 88 valence electrons. The molecule has 0 aliphatic heterocycles. The monoisotopic (exact) mass is 230 g/mol. The van der Waals surface area contributed by atoms with Crippen molar-refractivity contribution in [2.75, 3.05) is 13.7 Å². The van der Waals surface area contributed by atoms with Gasteiger partial charge in [-0.25, -0.2) is 13.8 Å². The third kappa shape index (κ3) is 3.15. The van der Waals surface area contributed by atoms with E-state index in [0.717, 1.165) is 0 Å². The maximum absolute atomic E-state index is 12.6. The van der Waals surface area contributed by atoms with E-state index in [2.05, 4.69) is 14.7 Å². The molecule has 0 aromatic carbocycles. The van der Waals surface area contributed by atoms with Gasteiger partial charge < -0.3 is 9.47 Å². The first-order chi connectivity index (χ1) is 7.69. The summed E-state index contributed by atoms with van der Waals surface area (Å²) in [5.41, 5.74) is -0.160. The fraction of sp³-hybridized carbons (Fsp3) is 0.400. The summed E-state index contributed by atoms with van der Waals surface area (Å²) in [6.07, 6.45) is 1.31. The van der Waals surface area contributed by atoms with Crippen molar-refractivity contribution in [2.45, 2.75) is 13.3 Å². The van der Waals surface area contributed by atoms with Crippen molar-refractivity contribution in [1.29, 1.82) is 0 Å². The van der Waals surface area contributed by atoms with Crippen LogP contribution >= 0.6 is 0 Å². The van der Waals surface area contributed by atoms with Gasteiger partial charge in [0.15, 0.2) is 0 Å². The summed E-state index contributed by atoms with van der Waals surface area (Å²) >= 11 is 0. The predicted octanol–water partition coefficient (Wildman–Crippen LogP) is 2.43. The van der Waals surface area contributed by atoms with Gasteiger partial charge in [-0.1, -0.05) is 0 Å². The van der Waals surface area contributed by atoms with E-state index in [9.17, 15) is 8.78 Å². The number of rotatable bonds is 5. The van der Waals surface area contributed by atoms with E-state index in [1.165, 1.54) is 25.6 Å². The maximum Gasteiger partial charge on any atom is 0.316 e. The van der Waals surface area contributed by atoms with Crippen LogP contribution in [0, 0.1) is 0 Å². The van der Waals surface area contributed by atoms with E-state index in [1.54, 1.807) is 6.92 Å². The second kappa shape index (κ2) is 5.99. The summed E-state index contributed by atoms with van der Waals surface area (Å²) in [6.45, 7) is 2.26. The highest BCUT2D eigenvalue weighted by Gasteiger charge is 2.15. The smallest absolute Gasteiger partial charge is 0.316 e. The van der Waals surface area contributed by atoms with Gasteiger partial charge in [-0.2, -0.15) is 4.98 Å². The van der Waals surface area contributed by atoms with Crippen LogP contribution in [-0.2, 0) is 4.74 Å². The average Bonchev–Trinajstić information content (AvgIpc) is 2.29. The number of ether oxygens (including phenoxy) is 2. The van der Waals surface area contributed by atoms with Crippen LogP contribution in [-0.4, -0.2) is 23.7 Å². The second-order valence-corrected chi connectivity index (χ2v) is 2.76. The largest absolute Gasteiger partial charge is 0.501 e. The first kappa shape index (κ1) is 12.4. The summed E-state index contributed by atoms with van der Waals surface area (Å²) in [4.78, 5) is 7.32. The average molecular weight is 230 g/mol. The number of aromatic nitrogens is 2. The van der Waals surface area contributed by atoms with Crippen LogP contribution in [0.15, 0.2) is 12.5 Å². The minimum absolute atomic E-state index is 0.0798. The molecule has 6 heteroatoms. The van der Waals surface area contributed by atoms with Crippen molar-refractivity contribution in [3.8, 4) is 6.01 Å². The molecule has 0 fully saturated rings. The lowest BCUT2D eigenvalue weighted by Crippen LogP contribution is -2.00. The van der Waals surface area contributed by atoms with E-state index < -0.39 is 6.43 Å². The number of hydrogen-bond acceptors (Lipinski definition) is 4. The van der Waals surface area contributed by atoms with Gasteiger partial charge >= 0.3 is 6.01 Å². The van der Waals surface area contributed by atoms with E-state index in [1.807, 2.05) is 0 Å². The van der Waals surface area contributed by atoms with Crippen molar-refractivity contribution in [1.82, 2.24) is 9.97 Å². The summed E-state index contributed by atoms with van der Waals surface area (Å²) in [5.74, 6) is 0. The Kier molecular flexibility index (Phi) is 4.63. The fourth-order valence-electron chi connectivity index (χ4n) is 1.01. The number of alkyl halides is 2. The molecule has 1 aromatic rings. The third-order valence-corrected chi connectivity index (χ3v) is 1.73. The molecule has 0 saturated carbocycles. The van der Waals surface area contributed by atoms with Gasteiger partial charge in [0.25, 0.3) is 6.43 Å². The van der Waals surface area contributed by atoms with Gasteiger partial charge in [-0.3, -0.25) is 0 Å². The highest BCUT2D eigenvalue weighted by molar-refractivity contribution is 5.50. The molecule has 0 N–H and O–H groups in total. The first-order valence-corrected chi connectivity index (χ1v) is 4.66. The van der Waals surface area contributed by atoms with Crippen LogP contribution < -0.4 is 4.74 Å². The zero-order valence-electron chi connectivity index (χ0n) is 8.98. The molecule has 0 atom stereocenters. The SMILES string of the molecule is CCO/C=C/c1cnc(OC)nc1C(F)F. The Morgan fingerprint density at radius 1 is 1.50 bits per heavy atom. The Bertz CT molecular complexity index is 370. The number of nitrogens with zero attached hydrogens (tertiary/aromatic N) is 2. The highest BCUT2D eigenvalue weighted by Crippen LogP contribution is 2.22. The van der Waals surface area contributed by atoms with Gasteiger partial charge in [0.1, 0.15) is 5.69 Å². The van der Waals surface area contributed by atoms with Crippen LogP contribution in [0.2, 0.25) is 0 Å².